The predicted octanol–water partition coefficient (Wildman–Crippen LogP) is 2.74. The summed E-state index contributed by atoms with van der Waals surface area (Å²) < 4.78 is 2.91. The van der Waals surface area contributed by atoms with E-state index in [1.165, 1.54) is 15.6 Å². The number of amides is 1. The molecule has 4 aromatic rings. The van der Waals surface area contributed by atoms with Crippen LogP contribution in [-0.4, -0.2) is 56.3 Å². The number of anilines is 1. The first-order chi connectivity index (χ1) is 15.5. The highest BCUT2D eigenvalue weighted by molar-refractivity contribution is 6.30. The third-order valence-electron chi connectivity index (χ3n) is 5.71. The number of hydrogen-bond acceptors (Lipinski definition) is 5. The molecule has 1 aliphatic rings. The monoisotopic (exact) mass is 448 g/mol. The molecule has 0 atom stereocenters. The average molecular weight is 449 g/mol. The van der Waals surface area contributed by atoms with Gasteiger partial charge in [-0.2, -0.15) is 5.10 Å². The van der Waals surface area contributed by atoms with Crippen molar-refractivity contribution in [3.8, 4) is 5.69 Å². The van der Waals surface area contributed by atoms with Crippen LogP contribution in [0.1, 0.15) is 10.5 Å². The molecule has 0 N–H and O–H groups in total. The second-order valence-electron chi connectivity index (χ2n) is 7.71. The van der Waals surface area contributed by atoms with Gasteiger partial charge in [0.1, 0.15) is 5.52 Å². The first-order valence-electron chi connectivity index (χ1n) is 10.3. The van der Waals surface area contributed by atoms with Crippen LogP contribution in [-0.2, 0) is 7.05 Å². The van der Waals surface area contributed by atoms with E-state index in [0.717, 1.165) is 5.69 Å². The van der Waals surface area contributed by atoms with Crippen molar-refractivity contribution in [2.45, 2.75) is 0 Å². The van der Waals surface area contributed by atoms with E-state index >= 15 is 0 Å². The van der Waals surface area contributed by atoms with Gasteiger partial charge >= 0.3 is 0 Å². The topological polar surface area (TPSA) is 76.3 Å². The molecule has 1 amide bonds. The Morgan fingerprint density at radius 1 is 0.938 bits per heavy atom. The highest BCUT2D eigenvalue weighted by Gasteiger charge is 2.28. The van der Waals surface area contributed by atoms with Crippen molar-refractivity contribution in [3.05, 3.63) is 82.0 Å². The van der Waals surface area contributed by atoms with Crippen LogP contribution in [0.2, 0.25) is 5.02 Å². The van der Waals surface area contributed by atoms with Gasteiger partial charge in [-0.1, -0.05) is 29.8 Å². The minimum Gasteiger partial charge on any atom is -0.368 e. The van der Waals surface area contributed by atoms with Gasteiger partial charge in [0.2, 0.25) is 0 Å². The summed E-state index contributed by atoms with van der Waals surface area (Å²) in [7, 11) is 1.63. The van der Waals surface area contributed by atoms with Crippen LogP contribution >= 0.6 is 11.6 Å². The molecule has 0 spiro atoms. The van der Waals surface area contributed by atoms with Crippen molar-refractivity contribution in [2.24, 2.45) is 7.05 Å². The highest BCUT2D eigenvalue weighted by Crippen LogP contribution is 2.22. The number of halogens is 1. The molecule has 0 bridgehead atoms. The molecule has 2 aromatic heterocycles. The second kappa shape index (κ2) is 8.12. The maximum atomic E-state index is 13.4. The molecule has 3 heterocycles. The fraction of sp³-hybridized carbons (Fsp3) is 0.217. The SMILES string of the molecule is Cn1cnc2c(C(=O)N3CCN(c4ccc(Cl)cc4)CC3)nn(-c3ccccc3)c2c1=O. The van der Waals surface area contributed by atoms with Crippen LogP contribution in [0.25, 0.3) is 16.7 Å². The van der Waals surface area contributed by atoms with Gasteiger partial charge in [-0.3, -0.25) is 9.59 Å². The summed E-state index contributed by atoms with van der Waals surface area (Å²) in [5.41, 5.74) is 2.34. The highest BCUT2D eigenvalue weighted by atomic mass is 35.5. The Morgan fingerprint density at radius 3 is 2.31 bits per heavy atom. The number of benzene rings is 2. The summed E-state index contributed by atoms with van der Waals surface area (Å²) in [4.78, 5) is 34.7. The third kappa shape index (κ3) is 3.52. The van der Waals surface area contributed by atoms with Crippen LogP contribution < -0.4 is 10.5 Å². The van der Waals surface area contributed by atoms with E-state index in [9.17, 15) is 9.59 Å². The van der Waals surface area contributed by atoms with Gasteiger partial charge in [-0.05, 0) is 36.4 Å². The van der Waals surface area contributed by atoms with Crippen molar-refractivity contribution in [1.82, 2.24) is 24.2 Å². The van der Waals surface area contributed by atoms with Crippen molar-refractivity contribution in [1.29, 1.82) is 0 Å². The number of aromatic nitrogens is 4. The van der Waals surface area contributed by atoms with Gasteiger partial charge in [0, 0.05) is 43.9 Å². The Labute approximate surface area is 189 Å². The number of piperazine rings is 1. The van der Waals surface area contributed by atoms with E-state index in [2.05, 4.69) is 15.0 Å². The first kappa shape index (κ1) is 20.3. The number of aryl methyl sites for hydroxylation is 1. The lowest BCUT2D eigenvalue weighted by molar-refractivity contribution is 0.0742. The average Bonchev–Trinajstić information content (AvgIpc) is 3.22. The second-order valence-corrected chi connectivity index (χ2v) is 8.15. The normalized spacial score (nSPS) is 14.2. The molecule has 8 nitrogen and oxygen atoms in total. The molecule has 32 heavy (non-hydrogen) atoms. The van der Waals surface area contributed by atoms with Crippen molar-refractivity contribution >= 4 is 34.2 Å². The van der Waals surface area contributed by atoms with Crippen molar-refractivity contribution in [2.75, 3.05) is 31.1 Å². The Kier molecular flexibility index (Phi) is 5.14. The van der Waals surface area contributed by atoms with E-state index in [1.54, 1.807) is 11.9 Å². The number of nitrogens with zero attached hydrogens (tertiary/aromatic N) is 6. The smallest absolute Gasteiger partial charge is 0.279 e. The lowest BCUT2D eigenvalue weighted by Crippen LogP contribution is -2.49. The molecule has 9 heteroatoms. The fourth-order valence-corrected chi connectivity index (χ4v) is 4.08. The zero-order valence-corrected chi connectivity index (χ0v) is 18.2. The standard InChI is InChI=1S/C23H21ClN6O2/c1-27-15-25-19-20(26-30(21(19)23(27)32)18-5-3-2-4-6-18)22(31)29-13-11-28(12-14-29)17-9-7-16(24)8-10-17/h2-10,15H,11-14H2,1H3. The molecule has 0 unspecified atom stereocenters. The number of fused-ring (bicyclic) bond motifs is 1. The van der Waals surface area contributed by atoms with Gasteiger partial charge in [0.15, 0.2) is 11.2 Å². The molecule has 0 radical (unpaired) electrons. The fourth-order valence-electron chi connectivity index (χ4n) is 3.96. The molecule has 1 aliphatic heterocycles. The quantitative estimate of drug-likeness (QED) is 0.481. The Hall–Kier alpha value is -3.65. The van der Waals surface area contributed by atoms with E-state index < -0.39 is 0 Å². The van der Waals surface area contributed by atoms with E-state index in [4.69, 9.17) is 11.6 Å². The molecule has 2 aromatic carbocycles. The van der Waals surface area contributed by atoms with Gasteiger partial charge in [0.25, 0.3) is 11.5 Å². The predicted molar refractivity (Wildman–Crippen MR) is 124 cm³/mol. The Morgan fingerprint density at radius 2 is 1.62 bits per heavy atom. The minimum absolute atomic E-state index is 0.196. The Bertz CT molecular complexity index is 1340. The molecule has 0 aliphatic carbocycles. The minimum atomic E-state index is -0.252. The molecule has 1 fully saturated rings. The third-order valence-corrected chi connectivity index (χ3v) is 5.96. The molecule has 0 saturated carbocycles. The lowest BCUT2D eigenvalue weighted by atomic mass is 10.2. The van der Waals surface area contributed by atoms with E-state index in [1.807, 2.05) is 54.6 Å². The summed E-state index contributed by atoms with van der Waals surface area (Å²) in [6, 6.07) is 17.0. The van der Waals surface area contributed by atoms with Gasteiger partial charge < -0.3 is 14.4 Å². The largest absolute Gasteiger partial charge is 0.368 e. The van der Waals surface area contributed by atoms with Crippen LogP contribution in [0.4, 0.5) is 5.69 Å². The Balaban J connectivity index is 1.46. The maximum Gasteiger partial charge on any atom is 0.279 e. The molecular formula is C23H21ClN6O2. The molecule has 1 saturated heterocycles. The number of hydrogen-bond donors (Lipinski definition) is 0. The lowest BCUT2D eigenvalue weighted by Gasteiger charge is -2.35. The molecular weight excluding hydrogens is 428 g/mol. The van der Waals surface area contributed by atoms with Crippen LogP contribution in [0.3, 0.4) is 0 Å². The zero-order valence-electron chi connectivity index (χ0n) is 17.5. The van der Waals surface area contributed by atoms with Gasteiger partial charge in [-0.15, -0.1) is 0 Å². The van der Waals surface area contributed by atoms with Crippen LogP contribution in [0, 0.1) is 0 Å². The van der Waals surface area contributed by atoms with Crippen molar-refractivity contribution < 1.29 is 4.79 Å². The van der Waals surface area contributed by atoms with Crippen LogP contribution in [0.5, 0.6) is 0 Å². The first-order valence-corrected chi connectivity index (χ1v) is 10.7. The molecule has 5 rings (SSSR count). The number of para-hydroxylation sites is 1. The number of carbonyl (C=O) groups excluding carboxylic acids is 1. The molecule has 162 valence electrons. The number of rotatable bonds is 3. The van der Waals surface area contributed by atoms with Crippen LogP contribution in [0.15, 0.2) is 65.7 Å². The van der Waals surface area contributed by atoms with Crippen molar-refractivity contribution in [3.63, 3.8) is 0 Å². The number of carbonyl (C=O) groups is 1. The van der Waals surface area contributed by atoms with E-state index in [0.29, 0.717) is 47.9 Å². The zero-order chi connectivity index (χ0) is 22.2. The summed E-state index contributed by atoms with van der Waals surface area (Å²) in [6.07, 6.45) is 1.43. The summed E-state index contributed by atoms with van der Waals surface area (Å²) >= 11 is 5.99. The van der Waals surface area contributed by atoms with Gasteiger partial charge in [-0.25, -0.2) is 9.67 Å². The van der Waals surface area contributed by atoms with Gasteiger partial charge in [0.05, 0.1) is 12.0 Å². The summed E-state index contributed by atoms with van der Waals surface area (Å²) in [5.74, 6) is -0.221. The van der Waals surface area contributed by atoms with E-state index in [-0.39, 0.29) is 17.2 Å². The summed E-state index contributed by atoms with van der Waals surface area (Å²) in [6.45, 7) is 2.48. The summed E-state index contributed by atoms with van der Waals surface area (Å²) in [5, 5.41) is 5.24. The maximum absolute atomic E-state index is 13.4.